The van der Waals surface area contributed by atoms with Gasteiger partial charge in [-0.3, -0.25) is 9.69 Å². The van der Waals surface area contributed by atoms with Crippen LogP contribution >= 0.6 is 0 Å². The van der Waals surface area contributed by atoms with Gasteiger partial charge in [0.15, 0.2) is 11.5 Å². The summed E-state index contributed by atoms with van der Waals surface area (Å²) in [5.74, 6) is 1.56. The van der Waals surface area contributed by atoms with Gasteiger partial charge in [0, 0.05) is 0 Å². The van der Waals surface area contributed by atoms with Gasteiger partial charge in [0.05, 0.1) is 6.54 Å². The number of carbonyl (C=O) groups is 2. The fourth-order valence-electron chi connectivity index (χ4n) is 3.07. The highest BCUT2D eigenvalue weighted by Crippen LogP contribution is 2.37. The Morgan fingerprint density at radius 1 is 1.12 bits per heavy atom. The quantitative estimate of drug-likeness (QED) is 0.834. The fourth-order valence-corrected chi connectivity index (χ4v) is 3.07. The lowest BCUT2D eigenvalue weighted by atomic mass is 9.91. The van der Waals surface area contributed by atoms with Crippen LogP contribution in [-0.2, 0) is 10.3 Å². The van der Waals surface area contributed by atoms with Crippen LogP contribution in [0.4, 0.5) is 4.79 Å². The number of hydrogen-bond donors (Lipinski definition) is 1. The fraction of sp³-hybridized carbons (Fsp3) is 0.263. The number of nitrogens with zero attached hydrogens (tertiary/aromatic N) is 1. The molecule has 26 heavy (non-hydrogen) atoms. The highest BCUT2D eigenvalue weighted by molar-refractivity contribution is 6.07. The van der Waals surface area contributed by atoms with Crippen molar-refractivity contribution in [1.29, 1.82) is 0 Å². The van der Waals surface area contributed by atoms with E-state index in [4.69, 9.17) is 14.2 Å². The molecule has 1 atom stereocenters. The van der Waals surface area contributed by atoms with Gasteiger partial charge in [-0.2, -0.15) is 0 Å². The minimum absolute atomic E-state index is 0.152. The summed E-state index contributed by atoms with van der Waals surface area (Å²) in [4.78, 5) is 26.4. The lowest BCUT2D eigenvalue weighted by Gasteiger charge is -2.22. The number of urea groups is 1. The summed E-state index contributed by atoms with van der Waals surface area (Å²) in [5, 5.41) is 2.77. The SMILES string of the molecule is C[C@]1(c2ccc3c(c2)OCO3)NC(=O)N(CCOc2ccccc2)C1=O. The van der Waals surface area contributed by atoms with E-state index in [9.17, 15) is 9.59 Å². The molecule has 1 saturated heterocycles. The molecular weight excluding hydrogens is 336 g/mol. The molecule has 4 rings (SSSR count). The van der Waals surface area contributed by atoms with Crippen LogP contribution < -0.4 is 19.5 Å². The number of para-hydroxylation sites is 1. The monoisotopic (exact) mass is 354 g/mol. The van der Waals surface area contributed by atoms with Crippen molar-refractivity contribution in [2.24, 2.45) is 0 Å². The van der Waals surface area contributed by atoms with Gasteiger partial charge in [-0.1, -0.05) is 24.3 Å². The van der Waals surface area contributed by atoms with Crippen LogP contribution in [0.1, 0.15) is 12.5 Å². The number of fused-ring (bicyclic) bond motifs is 1. The number of benzene rings is 2. The number of imide groups is 1. The van der Waals surface area contributed by atoms with E-state index < -0.39 is 11.6 Å². The number of ether oxygens (including phenoxy) is 3. The molecule has 0 spiro atoms. The second-order valence-corrected chi connectivity index (χ2v) is 6.24. The first-order valence-corrected chi connectivity index (χ1v) is 8.30. The number of hydrogen-bond acceptors (Lipinski definition) is 5. The van der Waals surface area contributed by atoms with Crippen LogP contribution in [0, 0.1) is 0 Å². The first-order chi connectivity index (χ1) is 12.6. The minimum atomic E-state index is -1.15. The summed E-state index contributed by atoms with van der Waals surface area (Å²) in [5.41, 5.74) is -0.503. The number of rotatable bonds is 5. The lowest BCUT2D eigenvalue weighted by Crippen LogP contribution is -2.41. The van der Waals surface area contributed by atoms with Crippen molar-refractivity contribution in [1.82, 2.24) is 10.2 Å². The predicted molar refractivity (Wildman–Crippen MR) is 92.1 cm³/mol. The summed E-state index contributed by atoms with van der Waals surface area (Å²) < 4.78 is 16.2. The molecule has 1 N–H and O–H groups in total. The molecule has 0 aromatic heterocycles. The molecule has 0 unspecified atom stereocenters. The molecular formula is C19H18N2O5. The van der Waals surface area contributed by atoms with E-state index in [1.54, 1.807) is 25.1 Å². The smallest absolute Gasteiger partial charge is 0.325 e. The zero-order chi connectivity index (χ0) is 18.1. The molecule has 2 aliphatic rings. The van der Waals surface area contributed by atoms with Crippen molar-refractivity contribution in [3.8, 4) is 17.2 Å². The zero-order valence-corrected chi connectivity index (χ0v) is 14.2. The minimum Gasteiger partial charge on any atom is -0.492 e. The van der Waals surface area contributed by atoms with E-state index in [-0.39, 0.29) is 25.9 Å². The van der Waals surface area contributed by atoms with E-state index in [0.29, 0.717) is 22.8 Å². The van der Waals surface area contributed by atoms with Crippen LogP contribution in [0.2, 0.25) is 0 Å². The predicted octanol–water partition coefficient (Wildman–Crippen LogP) is 2.26. The first-order valence-electron chi connectivity index (χ1n) is 8.30. The molecule has 2 heterocycles. The van der Waals surface area contributed by atoms with Gasteiger partial charge >= 0.3 is 6.03 Å². The highest BCUT2D eigenvalue weighted by Gasteiger charge is 2.49. The van der Waals surface area contributed by atoms with Crippen LogP contribution in [0.3, 0.4) is 0 Å². The topological polar surface area (TPSA) is 77.1 Å². The van der Waals surface area contributed by atoms with Gasteiger partial charge in [-0.15, -0.1) is 0 Å². The Morgan fingerprint density at radius 2 is 1.88 bits per heavy atom. The third-order valence-corrected chi connectivity index (χ3v) is 4.55. The second kappa shape index (κ2) is 6.25. The lowest BCUT2D eigenvalue weighted by molar-refractivity contribution is -0.131. The van der Waals surface area contributed by atoms with Gasteiger partial charge in [0.2, 0.25) is 6.79 Å². The van der Waals surface area contributed by atoms with Crippen molar-refractivity contribution in [3.05, 3.63) is 54.1 Å². The van der Waals surface area contributed by atoms with Crippen molar-refractivity contribution in [2.45, 2.75) is 12.5 Å². The molecule has 0 saturated carbocycles. The number of carbonyl (C=O) groups excluding carboxylic acids is 2. The third-order valence-electron chi connectivity index (χ3n) is 4.55. The molecule has 7 heteroatoms. The molecule has 0 radical (unpaired) electrons. The Kier molecular flexibility index (Phi) is 3.91. The Bertz CT molecular complexity index is 854. The molecule has 7 nitrogen and oxygen atoms in total. The second-order valence-electron chi connectivity index (χ2n) is 6.24. The van der Waals surface area contributed by atoms with Crippen LogP contribution in [0.25, 0.3) is 0 Å². The van der Waals surface area contributed by atoms with Crippen molar-refractivity contribution in [2.75, 3.05) is 19.9 Å². The maximum absolute atomic E-state index is 12.9. The maximum Gasteiger partial charge on any atom is 0.325 e. The highest BCUT2D eigenvalue weighted by atomic mass is 16.7. The van der Waals surface area contributed by atoms with Gasteiger partial charge in [-0.25, -0.2) is 4.79 Å². The van der Waals surface area contributed by atoms with Gasteiger partial charge < -0.3 is 19.5 Å². The summed E-state index contributed by atoms with van der Waals surface area (Å²) in [6.45, 7) is 2.22. The average molecular weight is 354 g/mol. The molecule has 3 amide bonds. The molecule has 1 fully saturated rings. The van der Waals surface area contributed by atoms with Gasteiger partial charge in [0.1, 0.15) is 17.9 Å². The zero-order valence-electron chi connectivity index (χ0n) is 14.2. The van der Waals surface area contributed by atoms with Crippen LogP contribution in [0.15, 0.2) is 48.5 Å². The summed E-state index contributed by atoms with van der Waals surface area (Å²) in [6.07, 6.45) is 0. The van der Waals surface area contributed by atoms with Crippen molar-refractivity contribution < 1.29 is 23.8 Å². The maximum atomic E-state index is 12.9. The molecule has 2 aromatic rings. The molecule has 2 aromatic carbocycles. The Balaban J connectivity index is 1.47. The third kappa shape index (κ3) is 2.71. The van der Waals surface area contributed by atoms with Gasteiger partial charge in [0.25, 0.3) is 5.91 Å². The summed E-state index contributed by atoms with van der Waals surface area (Å²) >= 11 is 0. The van der Waals surface area contributed by atoms with Crippen molar-refractivity contribution >= 4 is 11.9 Å². The summed E-state index contributed by atoms with van der Waals surface area (Å²) in [6, 6.07) is 14.0. The Hall–Kier alpha value is -3.22. The van der Waals surface area contributed by atoms with E-state index in [2.05, 4.69) is 5.32 Å². The largest absolute Gasteiger partial charge is 0.492 e. The standard InChI is InChI=1S/C19H18N2O5/c1-19(13-7-8-15-16(11-13)26-12-25-15)17(22)21(18(23)20-19)9-10-24-14-5-3-2-4-6-14/h2-8,11H,9-10,12H2,1H3,(H,20,23)/t19-/m1/s1. The molecule has 134 valence electrons. The molecule has 0 aliphatic carbocycles. The van der Waals surface area contributed by atoms with E-state index in [1.807, 2.05) is 30.3 Å². The number of amides is 3. The van der Waals surface area contributed by atoms with E-state index >= 15 is 0 Å². The van der Waals surface area contributed by atoms with Crippen molar-refractivity contribution in [3.63, 3.8) is 0 Å². The Morgan fingerprint density at radius 3 is 2.69 bits per heavy atom. The average Bonchev–Trinajstić information content (AvgIpc) is 3.20. The van der Waals surface area contributed by atoms with E-state index in [0.717, 1.165) is 0 Å². The number of nitrogens with one attached hydrogen (secondary N) is 1. The van der Waals surface area contributed by atoms with E-state index in [1.165, 1.54) is 4.90 Å². The first kappa shape index (κ1) is 16.3. The van der Waals surface area contributed by atoms with Gasteiger partial charge in [-0.05, 0) is 36.8 Å². The normalized spacial score (nSPS) is 21.0. The molecule has 2 aliphatic heterocycles. The Labute approximate surface area is 150 Å². The van der Waals surface area contributed by atoms with Crippen LogP contribution in [-0.4, -0.2) is 36.8 Å². The van der Waals surface area contributed by atoms with Crippen LogP contribution in [0.5, 0.6) is 17.2 Å². The summed E-state index contributed by atoms with van der Waals surface area (Å²) in [7, 11) is 0. The molecule has 0 bridgehead atoms.